The summed E-state index contributed by atoms with van der Waals surface area (Å²) in [6.07, 6.45) is 2.46. The van der Waals surface area contributed by atoms with Gasteiger partial charge in [-0.25, -0.2) is 9.97 Å². The number of fused-ring (bicyclic) bond motifs is 1. The SMILES string of the molecule is CCOc1ccc(Nc2nccc(C(=O)N3CCc4ccccc43)n2)cc1. The summed E-state index contributed by atoms with van der Waals surface area (Å²) >= 11 is 0. The molecule has 136 valence electrons. The first kappa shape index (κ1) is 17.0. The van der Waals surface area contributed by atoms with Gasteiger partial charge in [0.25, 0.3) is 5.91 Å². The predicted octanol–water partition coefficient (Wildman–Crippen LogP) is 3.82. The summed E-state index contributed by atoms with van der Waals surface area (Å²) in [5.41, 5.74) is 3.35. The van der Waals surface area contributed by atoms with Gasteiger partial charge in [-0.2, -0.15) is 0 Å². The second-order valence-electron chi connectivity index (χ2n) is 6.18. The molecule has 0 radical (unpaired) electrons. The zero-order valence-corrected chi connectivity index (χ0v) is 15.1. The Morgan fingerprint density at radius 1 is 1.15 bits per heavy atom. The molecule has 0 bridgehead atoms. The summed E-state index contributed by atoms with van der Waals surface area (Å²) in [5.74, 6) is 1.08. The number of nitrogens with one attached hydrogen (secondary N) is 1. The molecular formula is C21H20N4O2. The van der Waals surface area contributed by atoms with E-state index >= 15 is 0 Å². The van der Waals surface area contributed by atoms with Crippen LogP contribution in [0.3, 0.4) is 0 Å². The van der Waals surface area contributed by atoms with Crippen LogP contribution in [0.2, 0.25) is 0 Å². The fourth-order valence-electron chi connectivity index (χ4n) is 3.16. The largest absolute Gasteiger partial charge is 0.494 e. The highest BCUT2D eigenvalue weighted by molar-refractivity contribution is 6.06. The molecule has 2 heterocycles. The number of nitrogens with zero attached hydrogens (tertiary/aromatic N) is 3. The number of ether oxygens (including phenoxy) is 1. The third-order valence-corrected chi connectivity index (χ3v) is 4.43. The molecule has 0 saturated carbocycles. The van der Waals surface area contributed by atoms with Gasteiger partial charge in [-0.05, 0) is 55.3 Å². The number of amides is 1. The Morgan fingerprint density at radius 3 is 2.78 bits per heavy atom. The monoisotopic (exact) mass is 360 g/mol. The number of hydrogen-bond donors (Lipinski definition) is 1. The number of carbonyl (C=O) groups is 1. The Balaban J connectivity index is 1.52. The molecule has 0 saturated heterocycles. The zero-order valence-electron chi connectivity index (χ0n) is 15.1. The molecule has 4 rings (SSSR count). The Bertz CT molecular complexity index is 956. The molecule has 0 aliphatic carbocycles. The van der Waals surface area contributed by atoms with E-state index in [0.717, 1.165) is 23.5 Å². The van der Waals surface area contributed by atoms with E-state index in [-0.39, 0.29) is 5.91 Å². The van der Waals surface area contributed by atoms with Crippen molar-refractivity contribution in [1.29, 1.82) is 0 Å². The van der Waals surface area contributed by atoms with Gasteiger partial charge in [0.05, 0.1) is 6.61 Å². The molecule has 1 aliphatic heterocycles. The highest BCUT2D eigenvalue weighted by Crippen LogP contribution is 2.28. The minimum atomic E-state index is -0.114. The molecule has 1 amide bonds. The van der Waals surface area contributed by atoms with Crippen molar-refractivity contribution in [3.8, 4) is 5.75 Å². The van der Waals surface area contributed by atoms with Gasteiger partial charge in [-0.15, -0.1) is 0 Å². The maximum Gasteiger partial charge on any atom is 0.277 e. The van der Waals surface area contributed by atoms with Crippen LogP contribution in [0.5, 0.6) is 5.75 Å². The van der Waals surface area contributed by atoms with Gasteiger partial charge in [0.1, 0.15) is 11.4 Å². The molecular weight excluding hydrogens is 340 g/mol. The van der Waals surface area contributed by atoms with Gasteiger partial charge in [0.2, 0.25) is 5.95 Å². The van der Waals surface area contributed by atoms with Crippen molar-refractivity contribution in [3.63, 3.8) is 0 Å². The Morgan fingerprint density at radius 2 is 1.96 bits per heavy atom. The lowest BCUT2D eigenvalue weighted by Crippen LogP contribution is -2.29. The van der Waals surface area contributed by atoms with Gasteiger partial charge in [0, 0.05) is 24.1 Å². The molecule has 0 fully saturated rings. The average molecular weight is 360 g/mol. The number of hydrogen-bond acceptors (Lipinski definition) is 5. The van der Waals surface area contributed by atoms with Gasteiger partial charge in [0.15, 0.2) is 0 Å². The molecule has 1 aromatic heterocycles. The van der Waals surface area contributed by atoms with Crippen molar-refractivity contribution in [2.45, 2.75) is 13.3 Å². The number of benzene rings is 2. The molecule has 1 N–H and O–H groups in total. The fraction of sp³-hybridized carbons (Fsp3) is 0.190. The molecule has 2 aromatic carbocycles. The quantitative estimate of drug-likeness (QED) is 0.749. The van der Waals surface area contributed by atoms with Crippen LogP contribution in [0, 0.1) is 0 Å². The summed E-state index contributed by atoms with van der Waals surface area (Å²) in [7, 11) is 0. The summed E-state index contributed by atoms with van der Waals surface area (Å²) in [5, 5.41) is 3.13. The van der Waals surface area contributed by atoms with Crippen LogP contribution in [0.15, 0.2) is 60.8 Å². The molecule has 27 heavy (non-hydrogen) atoms. The smallest absolute Gasteiger partial charge is 0.277 e. The third-order valence-electron chi connectivity index (χ3n) is 4.43. The molecule has 0 atom stereocenters. The lowest BCUT2D eigenvalue weighted by Gasteiger charge is -2.17. The van der Waals surface area contributed by atoms with Crippen molar-refractivity contribution in [2.24, 2.45) is 0 Å². The van der Waals surface area contributed by atoms with Crippen LogP contribution >= 0.6 is 0 Å². The minimum Gasteiger partial charge on any atom is -0.494 e. The summed E-state index contributed by atoms with van der Waals surface area (Å²) in [4.78, 5) is 23.3. The minimum absolute atomic E-state index is 0.114. The van der Waals surface area contributed by atoms with Crippen molar-refractivity contribution in [3.05, 3.63) is 72.1 Å². The average Bonchev–Trinajstić information content (AvgIpc) is 3.13. The maximum absolute atomic E-state index is 12.9. The van der Waals surface area contributed by atoms with Crippen molar-refractivity contribution < 1.29 is 9.53 Å². The normalized spacial score (nSPS) is 12.6. The zero-order chi connectivity index (χ0) is 18.6. The summed E-state index contributed by atoms with van der Waals surface area (Å²) in [6, 6.07) is 17.2. The van der Waals surface area contributed by atoms with Crippen molar-refractivity contribution in [1.82, 2.24) is 9.97 Å². The van der Waals surface area contributed by atoms with E-state index in [1.807, 2.05) is 49.4 Å². The van der Waals surface area contributed by atoms with E-state index in [2.05, 4.69) is 21.4 Å². The Hall–Kier alpha value is -3.41. The number of rotatable bonds is 5. The second kappa shape index (κ2) is 7.45. The highest BCUT2D eigenvalue weighted by atomic mass is 16.5. The standard InChI is InChI=1S/C21H20N4O2/c1-2-27-17-9-7-16(8-10-17)23-21-22-13-11-18(24-21)20(26)25-14-12-15-5-3-4-6-19(15)25/h3-11,13H,2,12,14H2,1H3,(H,22,23,24). The van der Waals surface area contributed by atoms with Crippen molar-refractivity contribution in [2.75, 3.05) is 23.4 Å². The number of carbonyl (C=O) groups excluding carboxylic acids is 1. The molecule has 0 spiro atoms. The van der Waals surface area contributed by atoms with Crippen LogP contribution in [-0.2, 0) is 6.42 Å². The van der Waals surface area contributed by atoms with Crippen LogP contribution in [0.1, 0.15) is 23.0 Å². The lowest BCUT2D eigenvalue weighted by atomic mass is 10.2. The third kappa shape index (κ3) is 3.60. The first-order valence-corrected chi connectivity index (χ1v) is 8.97. The van der Waals surface area contributed by atoms with Gasteiger partial charge < -0.3 is 15.0 Å². The van der Waals surface area contributed by atoms with Gasteiger partial charge in [-0.1, -0.05) is 18.2 Å². The van der Waals surface area contributed by atoms with Crippen LogP contribution in [-0.4, -0.2) is 29.0 Å². The first-order valence-electron chi connectivity index (χ1n) is 8.97. The van der Waals surface area contributed by atoms with Gasteiger partial charge in [-0.3, -0.25) is 4.79 Å². The molecule has 6 heteroatoms. The Labute approximate surface area is 157 Å². The van der Waals surface area contributed by atoms with E-state index in [4.69, 9.17) is 4.74 Å². The first-order chi connectivity index (χ1) is 13.2. The number of anilines is 3. The number of para-hydroxylation sites is 1. The van der Waals surface area contributed by atoms with E-state index in [0.29, 0.717) is 24.8 Å². The summed E-state index contributed by atoms with van der Waals surface area (Å²) in [6.45, 7) is 3.24. The van der Waals surface area contributed by atoms with Crippen LogP contribution < -0.4 is 15.0 Å². The highest BCUT2D eigenvalue weighted by Gasteiger charge is 2.26. The van der Waals surface area contributed by atoms with Crippen molar-refractivity contribution >= 4 is 23.2 Å². The molecule has 0 unspecified atom stereocenters. The lowest BCUT2D eigenvalue weighted by molar-refractivity contribution is 0.0984. The van der Waals surface area contributed by atoms with E-state index in [1.165, 1.54) is 5.56 Å². The fourth-order valence-corrected chi connectivity index (χ4v) is 3.16. The number of aromatic nitrogens is 2. The molecule has 1 aliphatic rings. The van der Waals surface area contributed by atoms with E-state index < -0.39 is 0 Å². The second-order valence-corrected chi connectivity index (χ2v) is 6.18. The topological polar surface area (TPSA) is 67.3 Å². The summed E-state index contributed by atoms with van der Waals surface area (Å²) < 4.78 is 5.44. The van der Waals surface area contributed by atoms with E-state index in [9.17, 15) is 4.79 Å². The molecule has 6 nitrogen and oxygen atoms in total. The Kier molecular flexibility index (Phi) is 4.70. The maximum atomic E-state index is 12.9. The van der Waals surface area contributed by atoms with Gasteiger partial charge >= 0.3 is 0 Å². The molecule has 3 aromatic rings. The van der Waals surface area contributed by atoms with Crippen LogP contribution in [0.4, 0.5) is 17.3 Å². The van der Waals surface area contributed by atoms with Crippen LogP contribution in [0.25, 0.3) is 0 Å². The predicted molar refractivity (Wildman–Crippen MR) is 105 cm³/mol. The van der Waals surface area contributed by atoms with E-state index in [1.54, 1.807) is 17.2 Å².